The highest BCUT2D eigenvalue weighted by atomic mass is 16.6. The molecule has 10 heteroatoms. The Labute approximate surface area is 221 Å². The fraction of sp³-hybridized carbons (Fsp3) is 0.357. The van der Waals surface area contributed by atoms with Crippen LogP contribution in [0.15, 0.2) is 47.5 Å². The molecule has 4 aromatic rings. The summed E-state index contributed by atoms with van der Waals surface area (Å²) in [4.78, 5) is 45.6. The summed E-state index contributed by atoms with van der Waals surface area (Å²) in [7, 11) is 1.44. The number of nitrogens with one attached hydrogen (secondary N) is 3. The summed E-state index contributed by atoms with van der Waals surface area (Å²) < 4.78 is 1.19. The van der Waals surface area contributed by atoms with E-state index in [9.17, 15) is 9.59 Å². The van der Waals surface area contributed by atoms with E-state index >= 15 is 0 Å². The van der Waals surface area contributed by atoms with Crippen molar-refractivity contribution in [2.75, 3.05) is 38.6 Å². The summed E-state index contributed by atoms with van der Waals surface area (Å²) in [6.45, 7) is 7.74. The molecule has 1 amide bonds. The van der Waals surface area contributed by atoms with Crippen LogP contribution >= 0.6 is 0 Å². The maximum Gasteiger partial charge on any atom is 0.292 e. The lowest BCUT2D eigenvalue weighted by Crippen LogP contribution is -2.34. The topological polar surface area (TPSA) is 117 Å². The molecular weight excluding hydrogens is 482 g/mol. The molecule has 10 nitrogen and oxygen atoms in total. The van der Waals surface area contributed by atoms with E-state index in [4.69, 9.17) is 4.84 Å². The van der Waals surface area contributed by atoms with E-state index < -0.39 is 0 Å². The van der Waals surface area contributed by atoms with Gasteiger partial charge in [0.15, 0.2) is 5.65 Å². The van der Waals surface area contributed by atoms with Crippen LogP contribution in [0.5, 0.6) is 0 Å². The Hall–Kier alpha value is -4.18. The molecule has 198 valence electrons. The van der Waals surface area contributed by atoms with E-state index in [0.717, 1.165) is 42.0 Å². The fourth-order valence-electron chi connectivity index (χ4n) is 5.06. The molecule has 0 atom stereocenters. The number of benzene rings is 1. The molecule has 0 unspecified atom stereocenters. The minimum atomic E-state index is -0.290. The first-order valence-electron chi connectivity index (χ1n) is 12.9. The minimum Gasteiger partial charge on any atom is -0.412 e. The monoisotopic (exact) mass is 515 g/mol. The molecule has 3 N–H and O–H groups in total. The van der Waals surface area contributed by atoms with Gasteiger partial charge >= 0.3 is 0 Å². The first kappa shape index (κ1) is 25.5. The molecule has 0 spiro atoms. The van der Waals surface area contributed by atoms with Crippen LogP contribution in [0.2, 0.25) is 0 Å². The predicted molar refractivity (Wildman–Crippen MR) is 148 cm³/mol. The van der Waals surface area contributed by atoms with Gasteiger partial charge in [0.05, 0.1) is 17.7 Å². The van der Waals surface area contributed by atoms with Crippen LogP contribution < -0.4 is 21.0 Å². The fourth-order valence-corrected chi connectivity index (χ4v) is 5.06. The average Bonchev–Trinajstić information content (AvgIpc) is 3.57. The molecule has 5 rings (SSSR count). The van der Waals surface area contributed by atoms with Crippen molar-refractivity contribution in [2.24, 2.45) is 0 Å². The van der Waals surface area contributed by atoms with Gasteiger partial charge < -0.3 is 25.4 Å². The number of aromatic amines is 1. The predicted octanol–water partition coefficient (Wildman–Crippen LogP) is 2.96. The third-order valence-electron chi connectivity index (χ3n) is 6.93. The van der Waals surface area contributed by atoms with Gasteiger partial charge in [-0.3, -0.25) is 9.59 Å². The SMILES string of the molecule is COn1c(=O)c(-c2c(C)cccc2C)cc2cnc(Nc3c[nH]c(CC(=O)NCCN4CCCC4)c3)nc21. The van der Waals surface area contributed by atoms with E-state index in [1.807, 2.05) is 44.2 Å². The number of likely N-dealkylation sites (tertiary alicyclic amines) is 1. The van der Waals surface area contributed by atoms with Crippen molar-refractivity contribution in [1.29, 1.82) is 0 Å². The number of aryl methyl sites for hydroxylation is 2. The summed E-state index contributed by atoms with van der Waals surface area (Å²) in [5.41, 5.74) is 4.99. The largest absolute Gasteiger partial charge is 0.412 e. The number of carbonyl (C=O) groups excluding carboxylic acids is 1. The van der Waals surface area contributed by atoms with Gasteiger partial charge in [0.25, 0.3) is 5.56 Å². The number of carbonyl (C=O) groups is 1. The summed E-state index contributed by atoms with van der Waals surface area (Å²) in [5, 5.41) is 6.80. The van der Waals surface area contributed by atoms with Crippen LogP contribution in [0.3, 0.4) is 0 Å². The van der Waals surface area contributed by atoms with Crippen molar-refractivity contribution >= 4 is 28.6 Å². The van der Waals surface area contributed by atoms with Gasteiger partial charge in [-0.05, 0) is 68.6 Å². The highest BCUT2D eigenvalue weighted by molar-refractivity contribution is 5.83. The highest BCUT2D eigenvalue weighted by Gasteiger charge is 2.17. The molecule has 1 aromatic carbocycles. The van der Waals surface area contributed by atoms with Crippen molar-refractivity contribution < 1.29 is 9.63 Å². The molecular formula is C28H33N7O3. The Morgan fingerprint density at radius 3 is 2.66 bits per heavy atom. The molecule has 1 aliphatic rings. The van der Waals surface area contributed by atoms with E-state index in [-0.39, 0.29) is 17.9 Å². The van der Waals surface area contributed by atoms with E-state index in [1.54, 1.807) is 12.4 Å². The molecule has 1 saturated heterocycles. The Bertz CT molecular complexity index is 1500. The molecule has 0 radical (unpaired) electrons. The summed E-state index contributed by atoms with van der Waals surface area (Å²) in [6.07, 6.45) is 6.16. The van der Waals surface area contributed by atoms with Gasteiger partial charge in [0.2, 0.25) is 11.9 Å². The number of aromatic nitrogens is 4. The summed E-state index contributed by atoms with van der Waals surface area (Å²) in [5.74, 6) is 0.284. The van der Waals surface area contributed by atoms with E-state index in [0.29, 0.717) is 34.8 Å². The van der Waals surface area contributed by atoms with Crippen molar-refractivity contribution in [2.45, 2.75) is 33.1 Å². The molecule has 4 heterocycles. The second-order valence-electron chi connectivity index (χ2n) is 9.69. The molecule has 0 saturated carbocycles. The first-order valence-corrected chi connectivity index (χ1v) is 12.9. The Kier molecular flexibility index (Phi) is 7.41. The number of nitrogens with zero attached hydrogens (tertiary/aromatic N) is 4. The van der Waals surface area contributed by atoms with Crippen LogP contribution in [-0.4, -0.2) is 63.8 Å². The smallest absolute Gasteiger partial charge is 0.292 e. The second-order valence-corrected chi connectivity index (χ2v) is 9.69. The number of anilines is 2. The van der Waals surface area contributed by atoms with Gasteiger partial charge in [-0.15, -0.1) is 4.73 Å². The maximum absolute atomic E-state index is 13.4. The number of rotatable bonds is 9. The zero-order valence-electron chi connectivity index (χ0n) is 22.0. The number of pyridine rings is 1. The number of amides is 1. The molecule has 0 bridgehead atoms. The first-order chi connectivity index (χ1) is 18.4. The van der Waals surface area contributed by atoms with Crippen molar-refractivity contribution in [3.05, 3.63) is 69.9 Å². The number of fused-ring (bicyclic) bond motifs is 1. The number of hydrogen-bond donors (Lipinski definition) is 3. The van der Waals surface area contributed by atoms with Gasteiger partial charge in [-0.2, -0.15) is 4.98 Å². The van der Waals surface area contributed by atoms with Crippen LogP contribution in [0, 0.1) is 13.8 Å². The van der Waals surface area contributed by atoms with Crippen LogP contribution in [0.4, 0.5) is 11.6 Å². The van der Waals surface area contributed by atoms with Crippen molar-refractivity contribution in [1.82, 2.24) is 29.9 Å². The standard InChI is InChI=1S/C28H33N7O3/c1-18-7-6-8-19(2)25(18)23-13-20-16-31-28(33-26(20)35(38-3)27(23)37)32-22-14-21(30-17-22)15-24(36)29-9-12-34-10-4-5-11-34/h6-8,13-14,16-17,30H,4-5,9-12,15H2,1-3H3,(H,29,36)(H,31,32,33). The van der Waals surface area contributed by atoms with Crippen molar-refractivity contribution in [3.8, 4) is 11.1 Å². The number of H-pyrrole nitrogens is 1. The average molecular weight is 516 g/mol. The Balaban J connectivity index is 1.31. The Morgan fingerprint density at radius 2 is 1.92 bits per heavy atom. The third-order valence-corrected chi connectivity index (χ3v) is 6.93. The van der Waals surface area contributed by atoms with Crippen LogP contribution in [0.1, 0.15) is 29.7 Å². The minimum absolute atomic E-state index is 0.0247. The van der Waals surface area contributed by atoms with E-state index in [2.05, 4.69) is 30.5 Å². The quantitative estimate of drug-likeness (QED) is 0.314. The lowest BCUT2D eigenvalue weighted by molar-refractivity contribution is -0.120. The lowest BCUT2D eigenvalue weighted by Gasteiger charge is -2.14. The molecule has 1 aliphatic heterocycles. The number of hydrogen-bond acceptors (Lipinski definition) is 7. The van der Waals surface area contributed by atoms with Crippen LogP contribution in [-0.2, 0) is 11.2 Å². The van der Waals surface area contributed by atoms with Gasteiger partial charge in [-0.1, -0.05) is 18.2 Å². The van der Waals surface area contributed by atoms with Crippen molar-refractivity contribution in [3.63, 3.8) is 0 Å². The normalized spacial score (nSPS) is 13.7. The highest BCUT2D eigenvalue weighted by Crippen LogP contribution is 2.27. The summed E-state index contributed by atoms with van der Waals surface area (Å²) >= 11 is 0. The second kappa shape index (κ2) is 11.1. The zero-order chi connectivity index (χ0) is 26.6. The van der Waals surface area contributed by atoms with Gasteiger partial charge in [0, 0.05) is 36.6 Å². The lowest BCUT2D eigenvalue weighted by atomic mass is 9.96. The Morgan fingerprint density at radius 1 is 1.16 bits per heavy atom. The summed E-state index contributed by atoms with van der Waals surface area (Å²) in [6, 6.07) is 9.59. The molecule has 38 heavy (non-hydrogen) atoms. The van der Waals surface area contributed by atoms with Gasteiger partial charge in [0.1, 0.15) is 7.11 Å². The zero-order valence-corrected chi connectivity index (χ0v) is 22.0. The molecule has 0 aliphatic carbocycles. The van der Waals surface area contributed by atoms with Gasteiger partial charge in [-0.25, -0.2) is 4.98 Å². The molecule has 1 fully saturated rings. The third kappa shape index (κ3) is 5.40. The van der Waals surface area contributed by atoms with E-state index in [1.165, 1.54) is 24.7 Å². The maximum atomic E-state index is 13.4. The molecule has 3 aromatic heterocycles. The van der Waals surface area contributed by atoms with Crippen LogP contribution in [0.25, 0.3) is 22.2 Å².